The van der Waals surface area contributed by atoms with Gasteiger partial charge in [0.25, 0.3) is 5.91 Å². The summed E-state index contributed by atoms with van der Waals surface area (Å²) in [5, 5.41) is 21.4. The van der Waals surface area contributed by atoms with Crippen LogP contribution in [0.1, 0.15) is 41.6 Å². The number of nitrogens with zero attached hydrogens (tertiary/aromatic N) is 4. The van der Waals surface area contributed by atoms with Gasteiger partial charge < -0.3 is 22.1 Å². The predicted molar refractivity (Wildman–Crippen MR) is 115 cm³/mol. The first-order chi connectivity index (χ1) is 14.5. The minimum Gasteiger partial charge on any atom is -0.365 e. The van der Waals surface area contributed by atoms with Crippen molar-refractivity contribution in [3.63, 3.8) is 0 Å². The second-order valence-electron chi connectivity index (χ2n) is 7.62. The molecule has 2 atom stereocenters. The number of nitriles is 1. The molecule has 0 bridgehead atoms. The van der Waals surface area contributed by atoms with Gasteiger partial charge in [-0.2, -0.15) is 10.4 Å². The number of benzene rings is 1. The van der Waals surface area contributed by atoms with Crippen molar-refractivity contribution < 1.29 is 4.79 Å². The molecule has 1 saturated carbocycles. The van der Waals surface area contributed by atoms with Crippen molar-refractivity contribution in [2.45, 2.75) is 37.8 Å². The molecule has 1 aromatic carbocycles. The summed E-state index contributed by atoms with van der Waals surface area (Å²) in [5.74, 6) is 0.0104. The minimum atomic E-state index is -0.666. The maximum absolute atomic E-state index is 12.1. The number of rotatable bonds is 5. The van der Waals surface area contributed by atoms with Crippen molar-refractivity contribution in [2.24, 2.45) is 18.5 Å². The third-order valence-electron chi connectivity index (χ3n) is 5.47. The van der Waals surface area contributed by atoms with E-state index in [1.807, 2.05) is 31.4 Å². The zero-order valence-electron chi connectivity index (χ0n) is 16.7. The highest BCUT2D eigenvalue weighted by molar-refractivity contribution is 6.01. The highest BCUT2D eigenvalue weighted by Gasteiger charge is 2.24. The van der Waals surface area contributed by atoms with Crippen molar-refractivity contribution in [3.8, 4) is 6.07 Å². The van der Waals surface area contributed by atoms with Crippen LogP contribution < -0.4 is 22.1 Å². The van der Waals surface area contributed by atoms with Crippen molar-refractivity contribution >= 4 is 34.1 Å². The maximum Gasteiger partial charge on any atom is 0.252 e. The fraction of sp³-hybridized carbons (Fsp3) is 0.333. The van der Waals surface area contributed by atoms with Crippen molar-refractivity contribution in [1.29, 1.82) is 5.26 Å². The lowest BCUT2D eigenvalue weighted by Gasteiger charge is -2.30. The molecule has 0 saturated heterocycles. The molecule has 154 valence electrons. The van der Waals surface area contributed by atoms with Gasteiger partial charge in [0, 0.05) is 30.7 Å². The lowest BCUT2D eigenvalue weighted by molar-refractivity contribution is 0.100. The number of hydrogen-bond donors (Lipinski definition) is 4. The van der Waals surface area contributed by atoms with Gasteiger partial charge in [0.05, 0.1) is 22.3 Å². The van der Waals surface area contributed by atoms with Crippen LogP contribution in [0.3, 0.4) is 0 Å². The van der Waals surface area contributed by atoms with Gasteiger partial charge in [0.2, 0.25) is 0 Å². The van der Waals surface area contributed by atoms with Crippen LogP contribution in [0.4, 0.5) is 17.3 Å². The van der Waals surface area contributed by atoms with Gasteiger partial charge in [-0.15, -0.1) is 0 Å². The minimum absolute atomic E-state index is 0.0107. The molecule has 2 heterocycles. The number of aromatic nitrogens is 3. The number of pyridine rings is 1. The van der Waals surface area contributed by atoms with Gasteiger partial charge in [-0.05, 0) is 31.0 Å². The first-order valence-electron chi connectivity index (χ1n) is 9.92. The monoisotopic (exact) mass is 404 g/mol. The lowest BCUT2D eigenvalue weighted by Crippen LogP contribution is -2.43. The summed E-state index contributed by atoms with van der Waals surface area (Å²) in [6.07, 6.45) is 5.88. The molecular weight excluding hydrogens is 380 g/mol. The summed E-state index contributed by atoms with van der Waals surface area (Å²) in [4.78, 5) is 16.7. The second-order valence-corrected chi connectivity index (χ2v) is 7.62. The van der Waals surface area contributed by atoms with E-state index < -0.39 is 5.91 Å². The van der Waals surface area contributed by atoms with Gasteiger partial charge in [-0.3, -0.25) is 9.48 Å². The maximum atomic E-state index is 12.1. The quantitative estimate of drug-likeness (QED) is 0.510. The SMILES string of the molecule is Cn1cc2c(Nc3nc(N[C@@H]4CCCC[C@@H]4N)c(C#N)cc3C(N)=O)cccc2n1. The number of nitrogens with one attached hydrogen (secondary N) is 2. The second kappa shape index (κ2) is 8.00. The Morgan fingerprint density at radius 1 is 1.30 bits per heavy atom. The van der Waals surface area contributed by atoms with E-state index in [0.717, 1.165) is 42.3 Å². The fourth-order valence-electron chi connectivity index (χ4n) is 3.90. The molecule has 1 aliphatic carbocycles. The zero-order valence-corrected chi connectivity index (χ0v) is 16.7. The van der Waals surface area contributed by atoms with Crippen LogP contribution in [0.15, 0.2) is 30.5 Å². The molecule has 0 aliphatic heterocycles. The third-order valence-corrected chi connectivity index (χ3v) is 5.47. The number of fused-ring (bicyclic) bond motifs is 1. The van der Waals surface area contributed by atoms with Gasteiger partial charge in [0.15, 0.2) is 0 Å². The highest BCUT2D eigenvalue weighted by atomic mass is 16.1. The van der Waals surface area contributed by atoms with Crippen LogP contribution in [-0.4, -0.2) is 32.8 Å². The molecule has 3 aromatic rings. The molecule has 4 rings (SSSR count). The van der Waals surface area contributed by atoms with E-state index in [4.69, 9.17) is 11.5 Å². The van der Waals surface area contributed by atoms with Gasteiger partial charge >= 0.3 is 0 Å². The third kappa shape index (κ3) is 3.77. The molecule has 0 unspecified atom stereocenters. The highest BCUT2D eigenvalue weighted by Crippen LogP contribution is 2.30. The number of hydrogen-bond acceptors (Lipinski definition) is 7. The van der Waals surface area contributed by atoms with Crippen LogP contribution in [0.2, 0.25) is 0 Å². The molecule has 1 fully saturated rings. The van der Waals surface area contributed by atoms with E-state index in [2.05, 4.69) is 26.8 Å². The fourth-order valence-corrected chi connectivity index (χ4v) is 3.90. The molecule has 9 heteroatoms. The Bertz CT molecular complexity index is 1150. The largest absolute Gasteiger partial charge is 0.365 e. The van der Waals surface area contributed by atoms with Gasteiger partial charge in [-0.1, -0.05) is 18.9 Å². The van der Waals surface area contributed by atoms with E-state index in [0.29, 0.717) is 5.82 Å². The number of amides is 1. The number of nitrogens with two attached hydrogens (primary N) is 2. The summed E-state index contributed by atoms with van der Waals surface area (Å²) in [7, 11) is 1.84. The first kappa shape index (κ1) is 19.7. The van der Waals surface area contributed by atoms with Gasteiger partial charge in [0.1, 0.15) is 17.7 Å². The number of anilines is 3. The van der Waals surface area contributed by atoms with E-state index in [1.54, 1.807) is 4.68 Å². The molecular formula is C21H24N8O. The number of carbonyl (C=O) groups excluding carboxylic acids is 1. The normalized spacial score (nSPS) is 18.7. The molecule has 6 N–H and O–H groups in total. The predicted octanol–water partition coefficient (Wildman–Crippen LogP) is 2.36. The Labute approximate surface area is 174 Å². The topological polar surface area (TPSA) is 148 Å². The van der Waals surface area contributed by atoms with Crippen LogP contribution in [0, 0.1) is 11.3 Å². The summed E-state index contributed by atoms with van der Waals surface area (Å²) in [6.45, 7) is 0. The molecule has 1 amide bonds. The first-order valence-corrected chi connectivity index (χ1v) is 9.92. The van der Waals surface area contributed by atoms with E-state index in [9.17, 15) is 10.1 Å². The van der Waals surface area contributed by atoms with E-state index >= 15 is 0 Å². The number of carbonyl (C=O) groups is 1. The Hall–Kier alpha value is -3.64. The summed E-state index contributed by atoms with van der Waals surface area (Å²) < 4.78 is 1.72. The number of primary amides is 1. The molecule has 0 spiro atoms. The molecule has 1 aliphatic rings. The standard InChI is InChI=1S/C21H24N8O/c1-29-11-14-16(7-4-8-17(14)28-29)25-21-13(19(24)30)9-12(10-22)20(27-21)26-18-6-3-2-5-15(18)23/h4,7-9,11,15,18H,2-3,5-6,23H2,1H3,(H2,24,30)(H2,25,26,27)/t15-,18+/m0/s1. The summed E-state index contributed by atoms with van der Waals surface area (Å²) >= 11 is 0. The average Bonchev–Trinajstić information content (AvgIpc) is 3.11. The Kier molecular flexibility index (Phi) is 5.25. The van der Waals surface area contributed by atoms with Crippen LogP contribution in [0.25, 0.3) is 10.9 Å². The molecule has 9 nitrogen and oxygen atoms in total. The van der Waals surface area contributed by atoms with E-state index in [-0.39, 0.29) is 29.0 Å². The van der Waals surface area contributed by atoms with Gasteiger partial charge in [-0.25, -0.2) is 4.98 Å². The molecule has 0 radical (unpaired) electrons. The van der Waals surface area contributed by atoms with Crippen LogP contribution in [0.5, 0.6) is 0 Å². The summed E-state index contributed by atoms with van der Waals surface area (Å²) in [5.41, 5.74) is 13.8. The Morgan fingerprint density at radius 3 is 2.83 bits per heavy atom. The average molecular weight is 404 g/mol. The smallest absolute Gasteiger partial charge is 0.252 e. The van der Waals surface area contributed by atoms with E-state index in [1.165, 1.54) is 6.07 Å². The van der Waals surface area contributed by atoms with Crippen LogP contribution >= 0.6 is 0 Å². The van der Waals surface area contributed by atoms with Crippen molar-refractivity contribution in [3.05, 3.63) is 41.6 Å². The summed E-state index contributed by atoms with van der Waals surface area (Å²) in [6, 6.07) is 9.23. The van der Waals surface area contributed by atoms with Crippen molar-refractivity contribution in [1.82, 2.24) is 14.8 Å². The zero-order chi connectivity index (χ0) is 21.3. The number of aryl methyl sites for hydroxylation is 1. The molecule has 2 aromatic heterocycles. The molecule has 30 heavy (non-hydrogen) atoms. The Morgan fingerprint density at radius 2 is 2.10 bits per heavy atom. The van der Waals surface area contributed by atoms with Crippen molar-refractivity contribution in [2.75, 3.05) is 10.6 Å². The van der Waals surface area contributed by atoms with Crippen LogP contribution in [-0.2, 0) is 7.05 Å². The Balaban J connectivity index is 1.75. The lowest BCUT2D eigenvalue weighted by atomic mass is 9.91.